The van der Waals surface area contributed by atoms with Gasteiger partial charge in [0.2, 0.25) is 0 Å². The van der Waals surface area contributed by atoms with Crippen LogP contribution in [0.5, 0.6) is 11.5 Å². The normalized spacial score (nSPS) is 18.7. The first kappa shape index (κ1) is 17.0. The number of ketones is 1. The van der Waals surface area contributed by atoms with E-state index >= 15 is 0 Å². The lowest BCUT2D eigenvalue weighted by atomic mass is 9.84. The van der Waals surface area contributed by atoms with Crippen molar-refractivity contribution in [2.45, 2.75) is 23.7 Å². The van der Waals surface area contributed by atoms with Crippen molar-refractivity contribution >= 4 is 23.2 Å². The van der Waals surface area contributed by atoms with Gasteiger partial charge in [-0.1, -0.05) is 23.9 Å². The fourth-order valence-electron chi connectivity index (χ4n) is 3.53. The molecular weight excluding hydrogens is 353 g/mol. The van der Waals surface area contributed by atoms with Crippen molar-refractivity contribution in [3.05, 3.63) is 58.4 Å². The molecule has 0 aromatic heterocycles. The zero-order valence-electron chi connectivity index (χ0n) is 14.5. The Kier molecular flexibility index (Phi) is 4.36. The number of ether oxygens (including phenoxy) is 2. The molecule has 0 amide bonds. The van der Waals surface area contributed by atoms with Crippen molar-refractivity contribution in [3.63, 3.8) is 0 Å². The molecule has 4 rings (SSSR count). The summed E-state index contributed by atoms with van der Waals surface area (Å²) in [4.78, 5) is 14.2. The minimum absolute atomic E-state index is 0.00129. The number of carbonyl (C=O) groups is 1. The Balaban J connectivity index is 1.68. The summed E-state index contributed by atoms with van der Waals surface area (Å²) >= 11 is 1.35. The first-order valence-electron chi connectivity index (χ1n) is 8.32. The van der Waals surface area contributed by atoms with E-state index in [0.717, 1.165) is 21.8 Å². The maximum Gasteiger partial charge on any atom is 0.171 e. The number of benzene rings is 2. The summed E-state index contributed by atoms with van der Waals surface area (Å²) in [6.45, 7) is 0. The van der Waals surface area contributed by atoms with Crippen LogP contribution >= 0.6 is 11.8 Å². The minimum Gasteiger partial charge on any atom is -0.493 e. The van der Waals surface area contributed by atoms with Crippen LogP contribution in [0.15, 0.2) is 51.9 Å². The minimum atomic E-state index is -0.302. The highest BCUT2D eigenvalue weighted by Crippen LogP contribution is 2.49. The molecule has 1 atom stereocenters. The molecule has 1 unspecified atom stereocenters. The number of para-hydroxylation sites is 1. The fraction of sp³-hybridized carbons (Fsp3) is 0.250. The Morgan fingerprint density at radius 3 is 2.77 bits per heavy atom. The molecule has 1 heterocycles. The van der Waals surface area contributed by atoms with E-state index in [0.29, 0.717) is 29.2 Å². The van der Waals surface area contributed by atoms with E-state index in [4.69, 9.17) is 9.47 Å². The molecule has 26 heavy (non-hydrogen) atoms. The maximum atomic E-state index is 13.5. The second-order valence-electron chi connectivity index (χ2n) is 6.29. The van der Waals surface area contributed by atoms with Crippen LogP contribution in [0.4, 0.5) is 10.1 Å². The molecule has 0 bridgehead atoms. The number of hydrogen-bond acceptors (Lipinski definition) is 5. The number of hydrogen-bond donors (Lipinski definition) is 1. The van der Waals surface area contributed by atoms with Gasteiger partial charge in [-0.05, 0) is 30.7 Å². The molecule has 1 aliphatic carbocycles. The van der Waals surface area contributed by atoms with Gasteiger partial charge in [0.1, 0.15) is 5.82 Å². The number of fused-ring (bicyclic) bond motifs is 1. The Labute approximate surface area is 155 Å². The van der Waals surface area contributed by atoms with Gasteiger partial charge in [-0.3, -0.25) is 4.79 Å². The van der Waals surface area contributed by atoms with Crippen LogP contribution in [-0.2, 0) is 4.79 Å². The third-order valence-electron chi connectivity index (χ3n) is 4.72. The van der Waals surface area contributed by atoms with Crippen LogP contribution in [0.2, 0.25) is 0 Å². The molecule has 0 spiro atoms. The fourth-order valence-corrected chi connectivity index (χ4v) is 4.61. The highest BCUT2D eigenvalue weighted by Gasteiger charge is 2.34. The number of anilines is 1. The van der Waals surface area contributed by atoms with Gasteiger partial charge in [0.25, 0.3) is 0 Å². The van der Waals surface area contributed by atoms with E-state index in [-0.39, 0.29) is 17.5 Å². The van der Waals surface area contributed by atoms with Gasteiger partial charge in [0.15, 0.2) is 17.3 Å². The van der Waals surface area contributed by atoms with Crippen LogP contribution in [0.1, 0.15) is 24.3 Å². The number of nitrogens with one attached hydrogen (secondary N) is 1. The van der Waals surface area contributed by atoms with E-state index in [2.05, 4.69) is 5.32 Å². The lowest BCUT2D eigenvalue weighted by Gasteiger charge is -2.31. The molecule has 4 nitrogen and oxygen atoms in total. The Morgan fingerprint density at radius 1 is 1.15 bits per heavy atom. The smallest absolute Gasteiger partial charge is 0.171 e. The van der Waals surface area contributed by atoms with Crippen molar-refractivity contribution in [2.75, 3.05) is 19.5 Å². The Hall–Kier alpha value is -2.47. The van der Waals surface area contributed by atoms with E-state index in [1.54, 1.807) is 20.3 Å². The average molecular weight is 371 g/mol. The monoisotopic (exact) mass is 371 g/mol. The molecule has 0 fully saturated rings. The number of rotatable bonds is 3. The molecule has 6 heteroatoms. The summed E-state index contributed by atoms with van der Waals surface area (Å²) in [5.41, 5.74) is 2.69. The van der Waals surface area contributed by atoms with Gasteiger partial charge in [-0.2, -0.15) is 0 Å². The SMILES string of the molecule is COc1cccc(C2CC(=O)C3=C(C2)Nc2ccc(F)cc2S3)c1OC. The van der Waals surface area contributed by atoms with Gasteiger partial charge in [0.05, 0.1) is 24.8 Å². The summed E-state index contributed by atoms with van der Waals surface area (Å²) in [5, 5.41) is 3.32. The predicted octanol–water partition coefficient (Wildman–Crippen LogP) is 4.72. The van der Waals surface area contributed by atoms with Crippen molar-refractivity contribution in [1.29, 1.82) is 0 Å². The lowest BCUT2D eigenvalue weighted by Crippen LogP contribution is -2.23. The number of thioether (sulfide) groups is 1. The summed E-state index contributed by atoms with van der Waals surface area (Å²) in [5.74, 6) is 1.09. The van der Waals surface area contributed by atoms with E-state index in [9.17, 15) is 9.18 Å². The highest BCUT2D eigenvalue weighted by atomic mass is 32.2. The van der Waals surface area contributed by atoms with Crippen LogP contribution in [0.25, 0.3) is 0 Å². The molecule has 134 valence electrons. The summed E-state index contributed by atoms with van der Waals surface area (Å²) < 4.78 is 24.4. The maximum absolute atomic E-state index is 13.5. The largest absolute Gasteiger partial charge is 0.493 e. The summed E-state index contributed by atoms with van der Waals surface area (Å²) in [6.07, 6.45) is 1.08. The van der Waals surface area contributed by atoms with Gasteiger partial charge in [-0.25, -0.2) is 4.39 Å². The molecule has 2 aromatic rings. The predicted molar refractivity (Wildman–Crippen MR) is 99.4 cm³/mol. The second kappa shape index (κ2) is 6.68. The topological polar surface area (TPSA) is 47.6 Å². The van der Waals surface area contributed by atoms with Gasteiger partial charge >= 0.3 is 0 Å². The highest BCUT2D eigenvalue weighted by molar-refractivity contribution is 8.04. The van der Waals surface area contributed by atoms with Crippen molar-refractivity contribution in [3.8, 4) is 11.5 Å². The molecule has 2 aliphatic rings. The van der Waals surface area contributed by atoms with Crippen molar-refractivity contribution < 1.29 is 18.7 Å². The van der Waals surface area contributed by atoms with E-state index in [1.165, 1.54) is 23.9 Å². The van der Waals surface area contributed by atoms with Gasteiger partial charge < -0.3 is 14.8 Å². The second-order valence-corrected chi connectivity index (χ2v) is 7.34. The van der Waals surface area contributed by atoms with Crippen LogP contribution < -0.4 is 14.8 Å². The Bertz CT molecular complexity index is 925. The van der Waals surface area contributed by atoms with E-state index < -0.39 is 0 Å². The number of carbonyl (C=O) groups excluding carboxylic acids is 1. The average Bonchev–Trinajstić information content (AvgIpc) is 2.66. The zero-order valence-corrected chi connectivity index (χ0v) is 15.3. The zero-order chi connectivity index (χ0) is 18.3. The van der Waals surface area contributed by atoms with Crippen LogP contribution in [0.3, 0.4) is 0 Å². The van der Waals surface area contributed by atoms with Crippen molar-refractivity contribution in [1.82, 2.24) is 0 Å². The molecular formula is C20H18FNO3S. The molecule has 0 saturated carbocycles. The van der Waals surface area contributed by atoms with Crippen LogP contribution in [0, 0.1) is 5.82 Å². The summed E-state index contributed by atoms with van der Waals surface area (Å²) in [7, 11) is 3.21. The number of methoxy groups -OCH3 is 2. The first-order chi connectivity index (χ1) is 12.6. The molecule has 0 radical (unpaired) electrons. The molecule has 1 aliphatic heterocycles. The van der Waals surface area contributed by atoms with Gasteiger partial charge in [0, 0.05) is 28.5 Å². The third-order valence-corrected chi connectivity index (χ3v) is 5.96. The molecule has 1 N–H and O–H groups in total. The van der Waals surface area contributed by atoms with E-state index in [1.807, 2.05) is 18.2 Å². The summed E-state index contributed by atoms with van der Waals surface area (Å²) in [6, 6.07) is 10.3. The number of halogens is 1. The Morgan fingerprint density at radius 2 is 2.00 bits per heavy atom. The number of allylic oxidation sites excluding steroid dienone is 2. The number of Topliss-reactive ketones (excluding diaryl/α,β-unsaturated/α-hetero) is 1. The molecule has 2 aromatic carbocycles. The standard InChI is InChI=1S/C20H18FNO3S/c1-24-17-5-3-4-13(19(17)25-2)11-8-15-20(16(23)9-11)26-18-10-12(21)6-7-14(18)22-15/h3-7,10-11,22H,8-9H2,1-2H3. The van der Waals surface area contributed by atoms with Crippen LogP contribution in [-0.4, -0.2) is 20.0 Å². The molecule has 0 saturated heterocycles. The van der Waals surface area contributed by atoms with Crippen molar-refractivity contribution in [2.24, 2.45) is 0 Å². The first-order valence-corrected chi connectivity index (χ1v) is 9.14. The quantitative estimate of drug-likeness (QED) is 0.846. The van der Waals surface area contributed by atoms with Gasteiger partial charge in [-0.15, -0.1) is 0 Å². The lowest BCUT2D eigenvalue weighted by molar-refractivity contribution is -0.115. The third kappa shape index (κ3) is 2.84.